The number of anilines is 2. The van der Waals surface area contributed by atoms with Gasteiger partial charge in [-0.05, 0) is 79.0 Å². The summed E-state index contributed by atoms with van der Waals surface area (Å²) in [5.41, 5.74) is 3.51. The van der Waals surface area contributed by atoms with Crippen LogP contribution in [-0.4, -0.2) is 38.8 Å². The van der Waals surface area contributed by atoms with Crippen LogP contribution < -0.4 is 19.7 Å². The van der Waals surface area contributed by atoms with Crippen molar-refractivity contribution in [1.82, 2.24) is 0 Å². The van der Waals surface area contributed by atoms with Crippen molar-refractivity contribution in [2.45, 2.75) is 64.3 Å². The van der Waals surface area contributed by atoms with Crippen LogP contribution in [0.25, 0.3) is 0 Å². The standard InChI is InChI=1S/C27H31BN2O4/c1-26(2,3)23-14-17-13-19(7-8-20(17)30(23)12-4-5-24(28)31)29-25(32)27(10-11-27)18-6-9-21-22(15-18)34-16-33-21/h6-9,13,15,23H,4-5,10-12,14,16H2,1-3H3,(H,29,32). The fourth-order valence-corrected chi connectivity index (χ4v) is 5.28. The van der Waals surface area contributed by atoms with Crippen molar-refractivity contribution >= 4 is 30.8 Å². The highest BCUT2D eigenvalue weighted by molar-refractivity contribution is 6.57. The van der Waals surface area contributed by atoms with Crippen LogP contribution in [0.5, 0.6) is 11.5 Å². The Balaban J connectivity index is 1.34. The van der Waals surface area contributed by atoms with E-state index in [1.54, 1.807) is 0 Å². The molecule has 2 aromatic rings. The predicted molar refractivity (Wildman–Crippen MR) is 133 cm³/mol. The summed E-state index contributed by atoms with van der Waals surface area (Å²) in [7, 11) is 5.36. The number of carbonyl (C=O) groups excluding carboxylic acids is 2. The van der Waals surface area contributed by atoms with Gasteiger partial charge in [0.2, 0.25) is 12.7 Å². The summed E-state index contributed by atoms with van der Waals surface area (Å²) >= 11 is 0. The lowest BCUT2D eigenvalue weighted by molar-refractivity contribution is -0.118. The van der Waals surface area contributed by atoms with Crippen molar-refractivity contribution in [1.29, 1.82) is 0 Å². The van der Waals surface area contributed by atoms with E-state index in [0.717, 1.165) is 49.2 Å². The minimum Gasteiger partial charge on any atom is -0.454 e. The first kappa shape index (κ1) is 22.8. The zero-order chi connectivity index (χ0) is 24.1. The van der Waals surface area contributed by atoms with E-state index in [-0.39, 0.29) is 23.8 Å². The van der Waals surface area contributed by atoms with Crippen LogP contribution in [0.2, 0.25) is 0 Å². The van der Waals surface area contributed by atoms with E-state index in [9.17, 15) is 9.59 Å². The maximum Gasteiger partial charge on any atom is 0.235 e. The lowest BCUT2D eigenvalue weighted by atomic mass is 9.84. The third-order valence-corrected chi connectivity index (χ3v) is 7.37. The highest BCUT2D eigenvalue weighted by Gasteiger charge is 2.51. The Kier molecular flexibility index (Phi) is 5.61. The molecule has 1 unspecified atom stereocenters. The number of ether oxygens (including phenoxy) is 2. The highest BCUT2D eigenvalue weighted by atomic mass is 16.7. The highest BCUT2D eigenvalue weighted by Crippen LogP contribution is 2.51. The number of hydrogen-bond donors (Lipinski definition) is 1. The first-order chi connectivity index (χ1) is 16.2. The molecule has 5 rings (SSSR count). The van der Waals surface area contributed by atoms with Gasteiger partial charge in [0, 0.05) is 24.0 Å². The topological polar surface area (TPSA) is 67.9 Å². The maximum absolute atomic E-state index is 13.4. The number of amides is 1. The van der Waals surface area contributed by atoms with Crippen molar-refractivity contribution in [3.8, 4) is 11.5 Å². The van der Waals surface area contributed by atoms with Crippen LogP contribution in [0.4, 0.5) is 11.4 Å². The SMILES string of the molecule is [B]C(=O)CCCN1c2ccc(NC(=O)C3(c4ccc5c(c4)OCO5)CC3)cc2CC1C(C)(C)C. The molecule has 176 valence electrons. The van der Waals surface area contributed by atoms with E-state index in [0.29, 0.717) is 18.2 Å². The van der Waals surface area contributed by atoms with Gasteiger partial charge in [0.05, 0.1) is 11.1 Å². The monoisotopic (exact) mass is 458 g/mol. The number of hydrogen-bond acceptors (Lipinski definition) is 5. The van der Waals surface area contributed by atoms with E-state index >= 15 is 0 Å². The van der Waals surface area contributed by atoms with Gasteiger partial charge in [-0.3, -0.25) is 4.79 Å². The van der Waals surface area contributed by atoms with Gasteiger partial charge in [-0.25, -0.2) is 0 Å². The molecule has 2 aliphatic heterocycles. The molecule has 6 nitrogen and oxygen atoms in total. The molecule has 1 amide bonds. The van der Waals surface area contributed by atoms with Crippen LogP contribution in [0.3, 0.4) is 0 Å². The summed E-state index contributed by atoms with van der Waals surface area (Å²) in [5, 5.41) is 3.18. The van der Waals surface area contributed by atoms with E-state index in [1.165, 1.54) is 11.3 Å². The van der Waals surface area contributed by atoms with Crippen LogP contribution in [0.1, 0.15) is 57.6 Å². The molecule has 7 heteroatoms. The number of nitrogens with one attached hydrogen (secondary N) is 1. The van der Waals surface area contributed by atoms with Gasteiger partial charge in [0.25, 0.3) is 0 Å². The normalized spacial score (nSPS) is 19.6. The average Bonchev–Trinajstić information content (AvgIpc) is 3.31. The third-order valence-electron chi connectivity index (χ3n) is 7.37. The van der Waals surface area contributed by atoms with Crippen LogP contribution in [-0.2, 0) is 21.4 Å². The largest absolute Gasteiger partial charge is 0.454 e. The number of carbonyl (C=O) groups is 2. The van der Waals surface area contributed by atoms with Gasteiger partial charge in [0.1, 0.15) is 0 Å². The van der Waals surface area contributed by atoms with Gasteiger partial charge in [-0.15, -0.1) is 0 Å². The van der Waals surface area contributed by atoms with Crippen molar-refractivity contribution in [2.75, 3.05) is 23.6 Å². The molecule has 2 radical (unpaired) electrons. The summed E-state index contributed by atoms with van der Waals surface area (Å²) in [6.45, 7) is 7.75. The summed E-state index contributed by atoms with van der Waals surface area (Å²) in [6, 6.07) is 12.3. The molecular weight excluding hydrogens is 427 g/mol. The molecule has 2 heterocycles. The van der Waals surface area contributed by atoms with Crippen LogP contribution in [0, 0.1) is 5.41 Å². The molecule has 0 spiro atoms. The minimum atomic E-state index is -0.505. The summed E-state index contributed by atoms with van der Waals surface area (Å²) in [5.74, 6) is 1.46. The second kappa shape index (κ2) is 8.37. The Morgan fingerprint density at radius 3 is 2.59 bits per heavy atom. The first-order valence-electron chi connectivity index (χ1n) is 12.1. The Morgan fingerprint density at radius 1 is 1.12 bits per heavy atom. The van der Waals surface area contributed by atoms with Gasteiger partial charge in [0.15, 0.2) is 19.3 Å². The fourth-order valence-electron chi connectivity index (χ4n) is 5.28. The smallest absolute Gasteiger partial charge is 0.235 e. The summed E-state index contributed by atoms with van der Waals surface area (Å²) in [4.78, 5) is 27.0. The van der Waals surface area contributed by atoms with E-state index in [1.807, 2.05) is 24.3 Å². The molecule has 34 heavy (non-hydrogen) atoms. The van der Waals surface area contributed by atoms with Gasteiger partial charge < -0.3 is 24.5 Å². The minimum absolute atomic E-state index is 0.0231. The molecule has 3 aliphatic rings. The number of fused-ring (bicyclic) bond motifs is 2. The number of rotatable bonds is 7. The third kappa shape index (κ3) is 4.17. The molecule has 1 atom stereocenters. The van der Waals surface area contributed by atoms with Gasteiger partial charge in [-0.2, -0.15) is 0 Å². The van der Waals surface area contributed by atoms with E-state index in [2.05, 4.69) is 43.1 Å². The fraction of sp³-hybridized carbons (Fsp3) is 0.481. The van der Waals surface area contributed by atoms with E-state index < -0.39 is 5.41 Å². The average molecular weight is 458 g/mol. The Bertz CT molecular complexity index is 1140. The zero-order valence-electron chi connectivity index (χ0n) is 20.1. The molecule has 1 N–H and O–H groups in total. The zero-order valence-corrected chi connectivity index (χ0v) is 20.1. The second-order valence-corrected chi connectivity index (χ2v) is 10.8. The Morgan fingerprint density at radius 2 is 1.88 bits per heavy atom. The van der Waals surface area contributed by atoms with Crippen LogP contribution >= 0.6 is 0 Å². The molecule has 1 aliphatic carbocycles. The number of nitrogens with zero attached hydrogens (tertiary/aromatic N) is 1. The lowest BCUT2D eigenvalue weighted by Crippen LogP contribution is -2.42. The quantitative estimate of drug-likeness (QED) is 0.626. The molecule has 1 fully saturated rings. The Labute approximate surface area is 202 Å². The first-order valence-corrected chi connectivity index (χ1v) is 12.1. The molecule has 1 saturated carbocycles. The second-order valence-electron chi connectivity index (χ2n) is 10.8. The summed E-state index contributed by atoms with van der Waals surface area (Å²) < 4.78 is 10.9. The number of benzene rings is 2. The molecule has 2 aromatic carbocycles. The predicted octanol–water partition coefficient (Wildman–Crippen LogP) is 4.34. The van der Waals surface area contributed by atoms with Crippen LogP contribution in [0.15, 0.2) is 36.4 Å². The molecule has 0 bridgehead atoms. The summed E-state index contributed by atoms with van der Waals surface area (Å²) in [6.07, 6.45) is 3.68. The van der Waals surface area contributed by atoms with Crippen molar-refractivity contribution < 1.29 is 19.1 Å². The molecule has 0 aromatic heterocycles. The van der Waals surface area contributed by atoms with Crippen molar-refractivity contribution in [3.05, 3.63) is 47.5 Å². The van der Waals surface area contributed by atoms with Gasteiger partial charge >= 0.3 is 0 Å². The van der Waals surface area contributed by atoms with Crippen molar-refractivity contribution in [3.63, 3.8) is 0 Å². The lowest BCUT2D eigenvalue weighted by Gasteiger charge is -2.37. The van der Waals surface area contributed by atoms with Crippen molar-refractivity contribution in [2.24, 2.45) is 5.41 Å². The Hall–Kier alpha value is -2.96. The maximum atomic E-state index is 13.4. The molecular formula is C27H31BN2O4. The van der Waals surface area contributed by atoms with Gasteiger partial charge in [-0.1, -0.05) is 26.8 Å². The molecule has 0 saturated heterocycles. The van der Waals surface area contributed by atoms with E-state index in [4.69, 9.17) is 17.3 Å².